The molecule has 3 nitrogen and oxygen atoms in total. The molecule has 0 atom stereocenters. The van der Waals surface area contributed by atoms with Gasteiger partial charge in [-0.25, -0.2) is 4.98 Å². The van der Waals surface area contributed by atoms with E-state index >= 15 is 0 Å². The second-order valence-corrected chi connectivity index (χ2v) is 5.24. The molecule has 2 rings (SSSR count). The Morgan fingerprint density at radius 1 is 1.60 bits per heavy atom. The van der Waals surface area contributed by atoms with Crippen molar-refractivity contribution in [3.63, 3.8) is 0 Å². The van der Waals surface area contributed by atoms with Crippen LogP contribution in [0.2, 0.25) is 0 Å². The fourth-order valence-electron chi connectivity index (χ4n) is 1.52. The first-order chi connectivity index (χ1) is 7.09. The Bertz CT molecular complexity index is 364. The highest BCUT2D eigenvalue weighted by molar-refractivity contribution is 9.10. The highest BCUT2D eigenvalue weighted by Gasteiger charge is 2.32. The van der Waals surface area contributed by atoms with Crippen LogP contribution in [0.25, 0.3) is 0 Å². The molecule has 0 unspecified atom stereocenters. The highest BCUT2D eigenvalue weighted by Crippen LogP contribution is 2.27. The molecule has 0 amide bonds. The molecule has 0 spiro atoms. The van der Waals surface area contributed by atoms with Crippen molar-refractivity contribution >= 4 is 21.6 Å². The van der Waals surface area contributed by atoms with Crippen LogP contribution in [0.3, 0.4) is 0 Å². The van der Waals surface area contributed by atoms with E-state index in [1.165, 1.54) is 0 Å². The van der Waals surface area contributed by atoms with Crippen LogP contribution >= 0.6 is 15.9 Å². The number of pyridine rings is 1. The third-order valence-corrected chi connectivity index (χ3v) is 3.46. The summed E-state index contributed by atoms with van der Waals surface area (Å²) in [5.41, 5.74) is 2.51. The number of aromatic nitrogens is 1. The Balaban J connectivity index is 1.96. The van der Waals surface area contributed by atoms with E-state index in [2.05, 4.69) is 39.2 Å². The van der Waals surface area contributed by atoms with E-state index in [9.17, 15) is 0 Å². The summed E-state index contributed by atoms with van der Waals surface area (Å²) in [6, 6.07) is 2.10. The Hall–Kier alpha value is -0.610. The SMILES string of the molecule is Cc1cc(NCC2(C)COC2)cnc1Br. The molecule has 82 valence electrons. The normalized spacial score (nSPS) is 18.3. The number of halogens is 1. The van der Waals surface area contributed by atoms with Gasteiger partial charge in [0.25, 0.3) is 0 Å². The lowest BCUT2D eigenvalue weighted by Gasteiger charge is -2.38. The zero-order valence-electron chi connectivity index (χ0n) is 9.01. The number of aryl methyl sites for hydroxylation is 1. The predicted molar refractivity (Wildman–Crippen MR) is 64.1 cm³/mol. The van der Waals surface area contributed by atoms with Crippen LogP contribution in [0.4, 0.5) is 5.69 Å². The van der Waals surface area contributed by atoms with Gasteiger partial charge in [0.2, 0.25) is 0 Å². The minimum atomic E-state index is 0.293. The van der Waals surface area contributed by atoms with Crippen molar-refractivity contribution in [3.05, 3.63) is 22.4 Å². The lowest BCUT2D eigenvalue weighted by atomic mass is 9.89. The van der Waals surface area contributed by atoms with Crippen molar-refractivity contribution in [1.82, 2.24) is 4.98 Å². The van der Waals surface area contributed by atoms with Gasteiger partial charge in [-0.05, 0) is 34.5 Å². The van der Waals surface area contributed by atoms with Gasteiger partial charge in [0, 0.05) is 12.0 Å². The maximum Gasteiger partial charge on any atom is 0.109 e. The average Bonchev–Trinajstić information content (AvgIpc) is 2.17. The first-order valence-electron chi connectivity index (χ1n) is 5.03. The van der Waals surface area contributed by atoms with Crippen molar-refractivity contribution in [2.24, 2.45) is 5.41 Å². The molecule has 2 heterocycles. The molecule has 1 saturated heterocycles. The molecular weight excluding hydrogens is 256 g/mol. The van der Waals surface area contributed by atoms with Crippen molar-refractivity contribution in [3.8, 4) is 0 Å². The molecule has 0 aliphatic carbocycles. The monoisotopic (exact) mass is 270 g/mol. The van der Waals surface area contributed by atoms with Crippen molar-refractivity contribution < 1.29 is 4.74 Å². The fourth-order valence-corrected chi connectivity index (χ4v) is 1.74. The third kappa shape index (κ3) is 2.49. The molecule has 15 heavy (non-hydrogen) atoms. The maximum atomic E-state index is 5.21. The summed E-state index contributed by atoms with van der Waals surface area (Å²) >= 11 is 3.39. The smallest absolute Gasteiger partial charge is 0.109 e. The molecule has 0 aromatic carbocycles. The number of rotatable bonds is 3. The molecule has 0 saturated carbocycles. The van der Waals surface area contributed by atoms with E-state index < -0.39 is 0 Å². The van der Waals surface area contributed by atoms with E-state index in [0.29, 0.717) is 5.41 Å². The van der Waals surface area contributed by atoms with Crippen molar-refractivity contribution in [1.29, 1.82) is 0 Å². The van der Waals surface area contributed by atoms with Crippen LogP contribution < -0.4 is 5.32 Å². The molecular formula is C11H15BrN2O. The van der Waals surface area contributed by atoms with Gasteiger partial charge in [0.15, 0.2) is 0 Å². The van der Waals surface area contributed by atoms with Gasteiger partial charge in [-0.1, -0.05) is 6.92 Å². The van der Waals surface area contributed by atoms with E-state index in [0.717, 1.165) is 35.6 Å². The molecule has 1 N–H and O–H groups in total. The highest BCUT2D eigenvalue weighted by atomic mass is 79.9. The zero-order valence-corrected chi connectivity index (χ0v) is 10.6. The molecule has 0 radical (unpaired) electrons. The Morgan fingerprint density at radius 3 is 2.87 bits per heavy atom. The Kier molecular flexibility index (Phi) is 2.98. The molecule has 1 aliphatic heterocycles. The van der Waals surface area contributed by atoms with Gasteiger partial charge >= 0.3 is 0 Å². The molecule has 4 heteroatoms. The molecule has 1 aliphatic rings. The number of ether oxygens (including phenoxy) is 1. The number of nitrogens with zero attached hydrogens (tertiary/aromatic N) is 1. The predicted octanol–water partition coefficient (Wildman–Crippen LogP) is 2.60. The summed E-state index contributed by atoms with van der Waals surface area (Å²) in [4.78, 5) is 4.25. The van der Waals surface area contributed by atoms with Crippen molar-refractivity contribution in [2.75, 3.05) is 25.1 Å². The number of hydrogen-bond donors (Lipinski definition) is 1. The first-order valence-corrected chi connectivity index (χ1v) is 5.82. The van der Waals surface area contributed by atoms with Crippen LogP contribution in [0.15, 0.2) is 16.9 Å². The van der Waals surface area contributed by atoms with E-state index in [-0.39, 0.29) is 0 Å². The van der Waals surface area contributed by atoms with Gasteiger partial charge in [-0.15, -0.1) is 0 Å². The summed E-state index contributed by atoms with van der Waals surface area (Å²) in [6.45, 7) is 6.90. The van der Waals surface area contributed by atoms with Gasteiger partial charge in [0.1, 0.15) is 4.60 Å². The number of anilines is 1. The summed E-state index contributed by atoms with van der Waals surface area (Å²) in [7, 11) is 0. The molecule has 1 aromatic heterocycles. The lowest BCUT2D eigenvalue weighted by Crippen LogP contribution is -2.45. The van der Waals surface area contributed by atoms with Crippen LogP contribution in [0, 0.1) is 12.3 Å². The van der Waals surface area contributed by atoms with Gasteiger partial charge in [0.05, 0.1) is 25.1 Å². The van der Waals surface area contributed by atoms with Crippen LogP contribution in [-0.2, 0) is 4.74 Å². The summed E-state index contributed by atoms with van der Waals surface area (Å²) in [6.07, 6.45) is 1.85. The number of hydrogen-bond acceptors (Lipinski definition) is 3. The minimum Gasteiger partial charge on any atom is -0.383 e. The van der Waals surface area contributed by atoms with E-state index in [1.807, 2.05) is 13.1 Å². The second kappa shape index (κ2) is 4.10. The Labute approximate surface area is 98.4 Å². The molecule has 0 bridgehead atoms. The second-order valence-electron chi connectivity index (χ2n) is 4.49. The molecule has 1 fully saturated rings. The summed E-state index contributed by atoms with van der Waals surface area (Å²) < 4.78 is 6.11. The third-order valence-electron chi connectivity index (χ3n) is 2.63. The largest absolute Gasteiger partial charge is 0.383 e. The van der Waals surface area contributed by atoms with Crippen molar-refractivity contribution in [2.45, 2.75) is 13.8 Å². The molecule has 1 aromatic rings. The lowest BCUT2D eigenvalue weighted by molar-refractivity contribution is -0.0924. The van der Waals surface area contributed by atoms with Crippen LogP contribution in [0.1, 0.15) is 12.5 Å². The average molecular weight is 271 g/mol. The van der Waals surface area contributed by atoms with Crippen LogP contribution in [0.5, 0.6) is 0 Å². The number of nitrogens with one attached hydrogen (secondary N) is 1. The van der Waals surface area contributed by atoms with E-state index in [4.69, 9.17) is 4.74 Å². The fraction of sp³-hybridized carbons (Fsp3) is 0.545. The standard InChI is InChI=1S/C11H15BrN2O/c1-8-3-9(4-13-10(8)12)14-5-11(2)6-15-7-11/h3-4,14H,5-7H2,1-2H3. The van der Waals surface area contributed by atoms with Gasteiger partial charge in [-0.2, -0.15) is 0 Å². The zero-order chi connectivity index (χ0) is 10.9. The minimum absolute atomic E-state index is 0.293. The van der Waals surface area contributed by atoms with E-state index in [1.54, 1.807) is 0 Å². The quantitative estimate of drug-likeness (QED) is 0.858. The summed E-state index contributed by atoms with van der Waals surface area (Å²) in [5.74, 6) is 0. The van der Waals surface area contributed by atoms with Gasteiger partial charge in [-0.3, -0.25) is 0 Å². The first kappa shape index (κ1) is 10.9. The van der Waals surface area contributed by atoms with Gasteiger partial charge < -0.3 is 10.1 Å². The van der Waals surface area contributed by atoms with Crippen LogP contribution in [-0.4, -0.2) is 24.7 Å². The Morgan fingerprint density at radius 2 is 2.33 bits per heavy atom. The maximum absolute atomic E-state index is 5.21. The summed E-state index contributed by atoms with van der Waals surface area (Å²) in [5, 5.41) is 3.39. The topological polar surface area (TPSA) is 34.1 Å².